The highest BCUT2D eigenvalue weighted by Crippen LogP contribution is 1.84. The van der Waals surface area contributed by atoms with E-state index in [0.29, 0.717) is 0 Å². The minimum Gasteiger partial charge on any atom is -0.386 e. The molecule has 0 bridgehead atoms. The third-order valence-corrected chi connectivity index (χ3v) is 0.992. The summed E-state index contributed by atoms with van der Waals surface area (Å²) in [7, 11) is 0. The number of hydrogen-bond acceptors (Lipinski definition) is 2. The monoisotopic (exact) mass is 158 g/mol. The van der Waals surface area contributed by atoms with Crippen LogP contribution in [-0.2, 0) is 0 Å². The van der Waals surface area contributed by atoms with Crippen LogP contribution in [0.2, 0.25) is 0 Å². The summed E-state index contributed by atoms with van der Waals surface area (Å²) in [6, 6.07) is -0.481. The second-order valence-corrected chi connectivity index (χ2v) is 2.11. The van der Waals surface area contributed by atoms with E-state index in [1.807, 2.05) is 0 Å². The molecule has 0 amide bonds. The topological polar surface area (TPSA) is 85.8 Å². The number of thiol groups is 1. The molecule has 5 N–H and O–H groups in total. The Morgan fingerprint density at radius 1 is 1.70 bits per heavy atom. The summed E-state index contributed by atoms with van der Waals surface area (Å²) in [5.41, 5.74) is 5.11. The summed E-state index contributed by atoms with van der Waals surface area (Å²) in [5, 5.41) is 16.3. The van der Waals surface area contributed by atoms with Crippen molar-refractivity contribution >= 4 is 23.6 Å². The van der Waals surface area contributed by atoms with Gasteiger partial charge in [0.25, 0.3) is 0 Å². The van der Waals surface area contributed by atoms with Crippen LogP contribution < -0.4 is 11.1 Å². The van der Waals surface area contributed by atoms with Crippen LogP contribution in [0.5, 0.6) is 0 Å². The Hall–Kier alpha value is -0.970. The zero-order chi connectivity index (χ0) is 8.15. The van der Waals surface area contributed by atoms with Crippen molar-refractivity contribution in [2.45, 2.75) is 6.04 Å². The van der Waals surface area contributed by atoms with Gasteiger partial charge in [-0.2, -0.15) is 0 Å². The van der Waals surface area contributed by atoms with Gasteiger partial charge in [0.1, 0.15) is 11.9 Å². The third kappa shape index (κ3) is 3.13. The maximum atomic E-state index is 6.96. The minimum absolute atomic E-state index is 0.0277. The standard InChI is InChI=1S/C5H10N4S/c1-2-3(4(6)7)9-5(8)10/h2-3H,1H2,(H3,6,7)(H3,8,9,10)/t3-/m0/s1. The second-order valence-electron chi connectivity index (χ2n) is 1.66. The van der Waals surface area contributed by atoms with Gasteiger partial charge in [-0.05, 0) is 0 Å². The van der Waals surface area contributed by atoms with Crippen molar-refractivity contribution in [3.05, 3.63) is 12.7 Å². The van der Waals surface area contributed by atoms with Crippen molar-refractivity contribution < 1.29 is 0 Å². The fourth-order valence-electron chi connectivity index (χ4n) is 0.411. The van der Waals surface area contributed by atoms with Crippen LogP contribution in [0.4, 0.5) is 0 Å². The van der Waals surface area contributed by atoms with Crippen LogP contribution in [0.15, 0.2) is 12.7 Å². The molecule has 0 unspecified atom stereocenters. The summed E-state index contributed by atoms with van der Waals surface area (Å²) < 4.78 is 0. The van der Waals surface area contributed by atoms with Crippen molar-refractivity contribution in [2.75, 3.05) is 0 Å². The number of nitrogens with one attached hydrogen (secondary N) is 3. The molecule has 0 aliphatic rings. The lowest BCUT2D eigenvalue weighted by Crippen LogP contribution is -2.40. The first kappa shape index (κ1) is 9.03. The van der Waals surface area contributed by atoms with Gasteiger partial charge in [0.15, 0.2) is 5.17 Å². The smallest absolute Gasteiger partial charge is 0.151 e. The molecule has 0 aromatic heterocycles. The summed E-state index contributed by atoms with van der Waals surface area (Å²) in [6.45, 7) is 3.42. The lowest BCUT2D eigenvalue weighted by atomic mass is 10.3. The molecule has 0 radical (unpaired) electrons. The van der Waals surface area contributed by atoms with E-state index in [1.165, 1.54) is 6.08 Å². The Kier molecular flexibility index (Phi) is 3.56. The van der Waals surface area contributed by atoms with E-state index >= 15 is 0 Å². The zero-order valence-corrected chi connectivity index (χ0v) is 6.28. The third-order valence-electron chi connectivity index (χ3n) is 0.863. The Labute approximate surface area is 64.9 Å². The van der Waals surface area contributed by atoms with E-state index < -0.39 is 6.04 Å². The highest BCUT2D eigenvalue weighted by molar-refractivity contribution is 7.96. The second kappa shape index (κ2) is 3.94. The molecule has 0 fully saturated rings. The van der Waals surface area contributed by atoms with Gasteiger partial charge in [-0.1, -0.05) is 6.08 Å². The van der Waals surface area contributed by atoms with Gasteiger partial charge < -0.3 is 11.1 Å². The summed E-state index contributed by atoms with van der Waals surface area (Å²) in [6.07, 6.45) is 1.44. The molecule has 10 heavy (non-hydrogen) atoms. The van der Waals surface area contributed by atoms with Crippen molar-refractivity contribution in [3.63, 3.8) is 0 Å². The van der Waals surface area contributed by atoms with Crippen LogP contribution in [0.1, 0.15) is 0 Å². The van der Waals surface area contributed by atoms with Crippen LogP contribution in [0.3, 0.4) is 0 Å². The van der Waals surface area contributed by atoms with Gasteiger partial charge in [-0.3, -0.25) is 10.8 Å². The average Bonchev–Trinajstić information content (AvgIpc) is 1.81. The molecule has 0 aromatic carbocycles. The average molecular weight is 158 g/mol. The van der Waals surface area contributed by atoms with Crippen LogP contribution >= 0.6 is 12.6 Å². The highest BCUT2D eigenvalue weighted by atomic mass is 32.1. The first-order valence-electron chi connectivity index (χ1n) is 2.58. The molecule has 0 aliphatic heterocycles. The van der Waals surface area contributed by atoms with E-state index in [2.05, 4.69) is 24.5 Å². The minimum atomic E-state index is -0.481. The molecular formula is C5H10N4S. The molecule has 56 valence electrons. The van der Waals surface area contributed by atoms with Crippen molar-refractivity contribution in [1.29, 1.82) is 10.8 Å². The summed E-state index contributed by atoms with van der Waals surface area (Å²) in [4.78, 5) is 0. The number of hydrogen-bond donors (Lipinski definition) is 5. The lowest BCUT2D eigenvalue weighted by molar-refractivity contribution is 0.914. The van der Waals surface area contributed by atoms with E-state index in [-0.39, 0.29) is 11.0 Å². The molecule has 0 aromatic rings. The molecule has 1 atom stereocenters. The molecular weight excluding hydrogens is 148 g/mol. The van der Waals surface area contributed by atoms with E-state index in [1.54, 1.807) is 0 Å². The predicted octanol–water partition coefficient (Wildman–Crippen LogP) is -0.0689. The van der Waals surface area contributed by atoms with E-state index in [4.69, 9.17) is 16.6 Å². The molecule has 0 rings (SSSR count). The zero-order valence-electron chi connectivity index (χ0n) is 5.39. The molecule has 5 heteroatoms. The Morgan fingerprint density at radius 3 is 2.30 bits per heavy atom. The molecule has 0 aliphatic carbocycles. The maximum absolute atomic E-state index is 6.96. The van der Waals surface area contributed by atoms with Crippen molar-refractivity contribution in [2.24, 2.45) is 5.73 Å². The van der Waals surface area contributed by atoms with E-state index in [0.717, 1.165) is 0 Å². The molecule has 0 heterocycles. The van der Waals surface area contributed by atoms with Gasteiger partial charge >= 0.3 is 0 Å². The lowest BCUT2D eigenvalue weighted by Gasteiger charge is -2.11. The first-order valence-corrected chi connectivity index (χ1v) is 3.03. The molecule has 0 spiro atoms. The summed E-state index contributed by atoms with van der Waals surface area (Å²) >= 11 is 3.66. The summed E-state index contributed by atoms with van der Waals surface area (Å²) in [5.74, 6) is -0.0752. The van der Waals surface area contributed by atoms with Crippen LogP contribution in [0.25, 0.3) is 0 Å². The maximum Gasteiger partial charge on any atom is 0.151 e. The van der Waals surface area contributed by atoms with Gasteiger partial charge in [0, 0.05) is 0 Å². The largest absolute Gasteiger partial charge is 0.386 e. The Balaban J connectivity index is 3.96. The SMILES string of the molecule is C=C[C@H](NC(=N)S)C(=N)N. The fraction of sp³-hybridized carbons (Fsp3) is 0.200. The van der Waals surface area contributed by atoms with Crippen LogP contribution in [0, 0.1) is 10.8 Å². The van der Waals surface area contributed by atoms with Gasteiger partial charge in [-0.15, -0.1) is 19.2 Å². The molecule has 0 saturated carbocycles. The van der Waals surface area contributed by atoms with Gasteiger partial charge in [0.2, 0.25) is 0 Å². The number of rotatable bonds is 3. The normalized spacial score (nSPS) is 11.7. The molecule has 4 nitrogen and oxygen atoms in total. The first-order chi connectivity index (χ1) is 4.57. The van der Waals surface area contributed by atoms with Gasteiger partial charge in [-0.25, -0.2) is 0 Å². The van der Waals surface area contributed by atoms with Gasteiger partial charge in [0.05, 0.1) is 0 Å². The quantitative estimate of drug-likeness (QED) is 0.172. The highest BCUT2D eigenvalue weighted by Gasteiger charge is 2.05. The van der Waals surface area contributed by atoms with Crippen molar-refractivity contribution in [1.82, 2.24) is 5.32 Å². The van der Waals surface area contributed by atoms with E-state index in [9.17, 15) is 0 Å². The molecule has 0 saturated heterocycles. The predicted molar refractivity (Wildman–Crippen MR) is 45.7 cm³/mol. The van der Waals surface area contributed by atoms with Crippen LogP contribution in [-0.4, -0.2) is 17.0 Å². The number of nitrogens with two attached hydrogens (primary N) is 1. The Morgan fingerprint density at radius 2 is 2.20 bits per heavy atom. The van der Waals surface area contributed by atoms with Crippen molar-refractivity contribution in [3.8, 4) is 0 Å². The number of amidine groups is 2. The fourth-order valence-corrected chi connectivity index (χ4v) is 0.550. The Bertz CT molecular complexity index is 165.